The van der Waals surface area contributed by atoms with Gasteiger partial charge in [0.2, 0.25) is 21.8 Å². The van der Waals surface area contributed by atoms with Gasteiger partial charge in [-0.1, -0.05) is 57.7 Å². The molecule has 1 N–H and O–H groups in total. The van der Waals surface area contributed by atoms with Gasteiger partial charge in [-0.05, 0) is 41.8 Å². The minimum absolute atomic E-state index is 0.101. The minimum atomic E-state index is -3.60. The summed E-state index contributed by atoms with van der Waals surface area (Å²) < 4.78 is 32.6. The fourth-order valence-corrected chi connectivity index (χ4v) is 5.25. The number of benzene rings is 2. The van der Waals surface area contributed by atoms with Crippen LogP contribution in [0.25, 0.3) is 11.5 Å². The van der Waals surface area contributed by atoms with Crippen LogP contribution in [-0.4, -0.2) is 47.7 Å². The number of carbonyl (C=O) groups excluding carboxylic acids is 1. The summed E-state index contributed by atoms with van der Waals surface area (Å²) in [5, 5.41) is 11.1. The third-order valence-electron chi connectivity index (χ3n) is 4.99. The molecule has 0 radical (unpaired) electrons. The van der Waals surface area contributed by atoms with E-state index in [9.17, 15) is 13.2 Å². The van der Waals surface area contributed by atoms with Crippen LogP contribution in [0.1, 0.15) is 39.2 Å². The quantitative estimate of drug-likeness (QED) is 0.415. The molecule has 0 bridgehead atoms. The van der Waals surface area contributed by atoms with E-state index in [4.69, 9.17) is 4.42 Å². The second-order valence-electron chi connectivity index (χ2n) is 7.61. The first kappa shape index (κ1) is 24.9. The average molecular weight is 489 g/mol. The van der Waals surface area contributed by atoms with Gasteiger partial charge in [0.15, 0.2) is 0 Å². The lowest BCUT2D eigenvalue weighted by atomic mass is 10.0. The Bertz CT molecular complexity index is 1200. The highest BCUT2D eigenvalue weighted by atomic mass is 32.2. The first-order valence-electron chi connectivity index (χ1n) is 10.7. The molecular formula is C23H28N4O4S2. The second kappa shape index (κ2) is 11.0. The molecule has 0 aliphatic rings. The van der Waals surface area contributed by atoms with E-state index in [1.807, 2.05) is 24.3 Å². The summed E-state index contributed by atoms with van der Waals surface area (Å²) >= 11 is 1.12. The van der Waals surface area contributed by atoms with Crippen molar-refractivity contribution in [2.45, 2.75) is 43.7 Å². The van der Waals surface area contributed by atoms with Crippen LogP contribution in [0.4, 0.5) is 5.69 Å². The Hall–Kier alpha value is -2.69. The van der Waals surface area contributed by atoms with Crippen LogP contribution in [0.5, 0.6) is 0 Å². The average Bonchev–Trinajstić information content (AvgIpc) is 3.28. The normalized spacial score (nSPS) is 11.8. The van der Waals surface area contributed by atoms with Crippen molar-refractivity contribution in [1.29, 1.82) is 0 Å². The first-order chi connectivity index (χ1) is 15.7. The van der Waals surface area contributed by atoms with Gasteiger partial charge < -0.3 is 9.73 Å². The van der Waals surface area contributed by atoms with Crippen LogP contribution >= 0.6 is 11.8 Å². The maximum absolute atomic E-state index is 12.8. The third-order valence-corrected chi connectivity index (χ3v) is 7.86. The number of hydrogen-bond acceptors (Lipinski definition) is 7. The Morgan fingerprint density at radius 2 is 1.82 bits per heavy atom. The van der Waals surface area contributed by atoms with Crippen molar-refractivity contribution in [3.05, 3.63) is 54.1 Å². The molecule has 1 aromatic heterocycles. The molecule has 10 heteroatoms. The molecule has 0 saturated heterocycles. The molecule has 0 aliphatic heterocycles. The zero-order chi connectivity index (χ0) is 24.0. The van der Waals surface area contributed by atoms with E-state index in [2.05, 4.69) is 29.4 Å². The standard InChI is InChI=1S/C23H28N4O4S2/c1-5-27(6-2)33(29,30)20-12-8-10-18(14-20)22-25-26-23(31-22)32-15-21(28)24-19-11-7-9-17(13-19)16(3)4/h7-14,16H,5-6,15H2,1-4H3,(H,24,28). The molecular weight excluding hydrogens is 460 g/mol. The van der Waals surface area contributed by atoms with Gasteiger partial charge in [-0.25, -0.2) is 8.42 Å². The number of aromatic nitrogens is 2. The van der Waals surface area contributed by atoms with Gasteiger partial charge in [0.1, 0.15) is 0 Å². The van der Waals surface area contributed by atoms with E-state index in [0.717, 1.165) is 23.0 Å². The topological polar surface area (TPSA) is 105 Å². The molecule has 3 aromatic rings. The Morgan fingerprint density at radius 1 is 1.09 bits per heavy atom. The van der Waals surface area contributed by atoms with Crippen molar-refractivity contribution >= 4 is 33.4 Å². The molecule has 0 saturated carbocycles. The van der Waals surface area contributed by atoms with Crippen molar-refractivity contribution in [2.24, 2.45) is 0 Å². The molecule has 0 unspecified atom stereocenters. The highest BCUT2D eigenvalue weighted by molar-refractivity contribution is 7.99. The lowest BCUT2D eigenvalue weighted by Crippen LogP contribution is -2.30. The third kappa shape index (κ3) is 6.21. The van der Waals surface area contributed by atoms with E-state index >= 15 is 0 Å². The molecule has 1 heterocycles. The lowest BCUT2D eigenvalue weighted by molar-refractivity contribution is -0.113. The zero-order valence-electron chi connectivity index (χ0n) is 19.1. The van der Waals surface area contributed by atoms with Crippen LogP contribution in [-0.2, 0) is 14.8 Å². The molecule has 0 atom stereocenters. The first-order valence-corrected chi connectivity index (χ1v) is 13.1. The van der Waals surface area contributed by atoms with Gasteiger partial charge in [0, 0.05) is 24.3 Å². The smallest absolute Gasteiger partial charge is 0.277 e. The summed E-state index contributed by atoms with van der Waals surface area (Å²) in [4.78, 5) is 12.5. The molecule has 3 rings (SSSR count). The number of nitrogens with zero attached hydrogens (tertiary/aromatic N) is 3. The van der Waals surface area contributed by atoms with Crippen LogP contribution in [0.3, 0.4) is 0 Å². The van der Waals surface area contributed by atoms with E-state index in [-0.39, 0.29) is 27.7 Å². The number of rotatable bonds is 10. The number of carbonyl (C=O) groups is 1. The molecule has 2 aromatic carbocycles. The maximum Gasteiger partial charge on any atom is 0.277 e. The number of hydrogen-bond donors (Lipinski definition) is 1. The van der Waals surface area contributed by atoms with Gasteiger partial charge in [0.25, 0.3) is 5.22 Å². The number of anilines is 1. The molecule has 0 fully saturated rings. The summed E-state index contributed by atoms with van der Waals surface area (Å²) in [7, 11) is -3.60. The number of nitrogens with one attached hydrogen (secondary N) is 1. The number of amides is 1. The van der Waals surface area contributed by atoms with E-state index in [1.165, 1.54) is 10.4 Å². The van der Waals surface area contributed by atoms with Gasteiger partial charge in [0.05, 0.1) is 10.6 Å². The molecule has 176 valence electrons. The van der Waals surface area contributed by atoms with Gasteiger partial charge >= 0.3 is 0 Å². The molecule has 0 aliphatic carbocycles. The molecule has 1 amide bonds. The molecule has 33 heavy (non-hydrogen) atoms. The van der Waals surface area contributed by atoms with Crippen LogP contribution in [0.2, 0.25) is 0 Å². The van der Waals surface area contributed by atoms with Crippen LogP contribution in [0, 0.1) is 0 Å². The van der Waals surface area contributed by atoms with Crippen LogP contribution < -0.4 is 5.32 Å². The molecule has 0 spiro atoms. The van der Waals surface area contributed by atoms with Gasteiger partial charge in [-0.15, -0.1) is 10.2 Å². The highest BCUT2D eigenvalue weighted by Gasteiger charge is 2.22. The van der Waals surface area contributed by atoms with E-state index < -0.39 is 10.0 Å². The van der Waals surface area contributed by atoms with E-state index in [1.54, 1.807) is 32.0 Å². The Labute approximate surface area is 198 Å². The fourth-order valence-electron chi connectivity index (χ4n) is 3.19. The minimum Gasteiger partial charge on any atom is -0.411 e. The highest BCUT2D eigenvalue weighted by Crippen LogP contribution is 2.26. The summed E-state index contributed by atoms with van der Waals surface area (Å²) in [6.07, 6.45) is 0. The number of sulfonamides is 1. The lowest BCUT2D eigenvalue weighted by Gasteiger charge is -2.18. The molecule has 8 nitrogen and oxygen atoms in total. The maximum atomic E-state index is 12.8. The van der Waals surface area contributed by atoms with Crippen molar-refractivity contribution in [3.8, 4) is 11.5 Å². The largest absolute Gasteiger partial charge is 0.411 e. The summed E-state index contributed by atoms with van der Waals surface area (Å²) in [5.74, 6) is 0.477. The van der Waals surface area contributed by atoms with Crippen molar-refractivity contribution in [1.82, 2.24) is 14.5 Å². The van der Waals surface area contributed by atoms with Gasteiger partial charge in [-0.3, -0.25) is 4.79 Å². The van der Waals surface area contributed by atoms with E-state index in [0.29, 0.717) is 24.6 Å². The zero-order valence-corrected chi connectivity index (χ0v) is 20.7. The summed E-state index contributed by atoms with van der Waals surface area (Å²) in [6.45, 7) is 8.55. The predicted octanol–water partition coefficient (Wildman–Crippen LogP) is 4.62. The monoisotopic (exact) mass is 488 g/mol. The Balaban J connectivity index is 1.66. The summed E-state index contributed by atoms with van der Waals surface area (Å²) in [5.41, 5.74) is 2.38. The number of thioether (sulfide) groups is 1. The predicted molar refractivity (Wildman–Crippen MR) is 130 cm³/mol. The fraction of sp³-hybridized carbons (Fsp3) is 0.348. The van der Waals surface area contributed by atoms with Crippen LogP contribution in [0.15, 0.2) is 63.1 Å². The Morgan fingerprint density at radius 3 is 2.52 bits per heavy atom. The van der Waals surface area contributed by atoms with Crippen molar-refractivity contribution < 1.29 is 17.6 Å². The second-order valence-corrected chi connectivity index (χ2v) is 10.5. The summed E-state index contributed by atoms with van der Waals surface area (Å²) in [6, 6.07) is 14.1. The SMILES string of the molecule is CCN(CC)S(=O)(=O)c1cccc(-c2nnc(SCC(=O)Nc3cccc(C(C)C)c3)o2)c1. The Kier molecular flexibility index (Phi) is 8.28. The van der Waals surface area contributed by atoms with Crippen molar-refractivity contribution in [2.75, 3.05) is 24.2 Å². The van der Waals surface area contributed by atoms with Gasteiger partial charge in [-0.2, -0.15) is 4.31 Å². The van der Waals surface area contributed by atoms with Crippen molar-refractivity contribution in [3.63, 3.8) is 0 Å².